The number of nitrogens with one attached hydrogen (secondary N) is 1. The second kappa shape index (κ2) is 7.06. The summed E-state index contributed by atoms with van der Waals surface area (Å²) in [6, 6.07) is 6.00. The average molecular weight is 380 g/mol. The van der Waals surface area contributed by atoms with Gasteiger partial charge in [0.25, 0.3) is 0 Å². The number of carbonyl (C=O) groups is 3. The normalized spacial score (nSPS) is 24.5. The lowest BCUT2D eigenvalue weighted by Gasteiger charge is -2.22. The van der Waals surface area contributed by atoms with E-state index < -0.39 is 21.7 Å². The Labute approximate surface area is 151 Å². The zero-order valence-electron chi connectivity index (χ0n) is 14.3. The SMILES string of the molecule is COC(=O)c1cccc(NC(=O)C2CC(=O)N(C3CCS(=O)(=O)C3)C2)c1. The van der Waals surface area contributed by atoms with Gasteiger partial charge in [0, 0.05) is 24.7 Å². The molecule has 2 aliphatic heterocycles. The molecule has 2 unspecified atom stereocenters. The third-order valence-corrected chi connectivity index (χ3v) is 6.48. The predicted molar refractivity (Wildman–Crippen MR) is 93.3 cm³/mol. The molecule has 0 aromatic heterocycles. The summed E-state index contributed by atoms with van der Waals surface area (Å²) in [6.45, 7) is 0.210. The van der Waals surface area contributed by atoms with Gasteiger partial charge in [-0.3, -0.25) is 9.59 Å². The van der Waals surface area contributed by atoms with Gasteiger partial charge in [-0.1, -0.05) is 6.07 Å². The highest BCUT2D eigenvalue weighted by Gasteiger charge is 2.41. The lowest BCUT2D eigenvalue weighted by molar-refractivity contribution is -0.129. The highest BCUT2D eigenvalue weighted by molar-refractivity contribution is 7.91. The van der Waals surface area contributed by atoms with Crippen LogP contribution in [0.25, 0.3) is 0 Å². The highest BCUT2D eigenvalue weighted by Crippen LogP contribution is 2.27. The van der Waals surface area contributed by atoms with Crippen LogP contribution in [0.1, 0.15) is 23.2 Å². The lowest BCUT2D eigenvalue weighted by atomic mass is 10.1. The van der Waals surface area contributed by atoms with Crippen molar-refractivity contribution in [1.29, 1.82) is 0 Å². The summed E-state index contributed by atoms with van der Waals surface area (Å²) in [7, 11) is -1.82. The first-order valence-corrected chi connectivity index (χ1v) is 10.1. The van der Waals surface area contributed by atoms with Crippen LogP contribution < -0.4 is 5.32 Å². The lowest BCUT2D eigenvalue weighted by Crippen LogP contribution is -2.38. The van der Waals surface area contributed by atoms with Gasteiger partial charge in [0.15, 0.2) is 9.84 Å². The van der Waals surface area contributed by atoms with E-state index in [1.165, 1.54) is 18.1 Å². The molecule has 8 nitrogen and oxygen atoms in total. The Morgan fingerprint density at radius 1 is 1.31 bits per heavy atom. The van der Waals surface area contributed by atoms with Crippen molar-refractivity contribution in [2.45, 2.75) is 18.9 Å². The molecule has 0 saturated carbocycles. The van der Waals surface area contributed by atoms with Crippen LogP contribution in [-0.4, -0.2) is 62.3 Å². The molecule has 2 aliphatic rings. The molecule has 2 saturated heterocycles. The van der Waals surface area contributed by atoms with Crippen molar-refractivity contribution in [3.05, 3.63) is 29.8 Å². The number of likely N-dealkylation sites (tertiary alicyclic amines) is 1. The van der Waals surface area contributed by atoms with Gasteiger partial charge >= 0.3 is 5.97 Å². The van der Waals surface area contributed by atoms with E-state index >= 15 is 0 Å². The molecule has 0 spiro atoms. The summed E-state index contributed by atoms with van der Waals surface area (Å²) < 4.78 is 27.9. The molecule has 2 amide bonds. The van der Waals surface area contributed by atoms with Crippen LogP contribution in [0.3, 0.4) is 0 Å². The maximum Gasteiger partial charge on any atom is 0.337 e. The van der Waals surface area contributed by atoms with Crippen LogP contribution in [-0.2, 0) is 24.2 Å². The van der Waals surface area contributed by atoms with Gasteiger partial charge in [-0.25, -0.2) is 13.2 Å². The zero-order valence-corrected chi connectivity index (χ0v) is 15.1. The van der Waals surface area contributed by atoms with Crippen molar-refractivity contribution in [3.8, 4) is 0 Å². The van der Waals surface area contributed by atoms with Crippen LogP contribution in [0, 0.1) is 5.92 Å². The van der Waals surface area contributed by atoms with E-state index in [0.717, 1.165) is 0 Å². The smallest absolute Gasteiger partial charge is 0.337 e. The second-order valence-electron chi connectivity index (χ2n) is 6.57. The number of rotatable bonds is 4. The first-order chi connectivity index (χ1) is 12.3. The van der Waals surface area contributed by atoms with Crippen LogP contribution in [0.15, 0.2) is 24.3 Å². The number of esters is 1. The summed E-state index contributed by atoms with van der Waals surface area (Å²) in [5.74, 6) is -1.54. The summed E-state index contributed by atoms with van der Waals surface area (Å²) in [4.78, 5) is 37.8. The fourth-order valence-electron chi connectivity index (χ4n) is 3.37. The number of hydrogen-bond acceptors (Lipinski definition) is 6. The van der Waals surface area contributed by atoms with E-state index in [4.69, 9.17) is 0 Å². The number of amides is 2. The van der Waals surface area contributed by atoms with Gasteiger partial charge in [0.2, 0.25) is 11.8 Å². The highest BCUT2D eigenvalue weighted by atomic mass is 32.2. The van der Waals surface area contributed by atoms with Crippen molar-refractivity contribution >= 4 is 33.3 Å². The van der Waals surface area contributed by atoms with Crippen molar-refractivity contribution in [1.82, 2.24) is 4.90 Å². The van der Waals surface area contributed by atoms with Crippen LogP contribution in [0.5, 0.6) is 0 Å². The van der Waals surface area contributed by atoms with Gasteiger partial charge in [0.05, 0.1) is 30.1 Å². The Morgan fingerprint density at radius 2 is 2.08 bits per heavy atom. The van der Waals surface area contributed by atoms with E-state index in [1.807, 2.05) is 0 Å². The minimum absolute atomic E-state index is 0.0335. The predicted octanol–water partition coefficient (Wildman–Crippen LogP) is 0.447. The first kappa shape index (κ1) is 18.4. The van der Waals surface area contributed by atoms with Crippen molar-refractivity contribution in [3.63, 3.8) is 0 Å². The van der Waals surface area contributed by atoms with Gasteiger partial charge in [-0.05, 0) is 24.6 Å². The molecule has 1 aromatic rings. The third kappa shape index (κ3) is 3.87. The average Bonchev–Trinajstić information content (AvgIpc) is 3.16. The number of ether oxygens (including phenoxy) is 1. The first-order valence-electron chi connectivity index (χ1n) is 8.28. The molecule has 3 rings (SSSR count). The Balaban J connectivity index is 1.64. The van der Waals surface area contributed by atoms with Crippen molar-refractivity contribution in [2.24, 2.45) is 5.92 Å². The summed E-state index contributed by atoms with van der Waals surface area (Å²) in [5.41, 5.74) is 0.748. The van der Waals surface area contributed by atoms with E-state index in [0.29, 0.717) is 17.7 Å². The monoisotopic (exact) mass is 380 g/mol. The number of carbonyl (C=O) groups excluding carboxylic acids is 3. The maximum atomic E-state index is 12.5. The summed E-state index contributed by atoms with van der Waals surface area (Å²) >= 11 is 0. The quantitative estimate of drug-likeness (QED) is 0.760. The number of hydrogen-bond donors (Lipinski definition) is 1. The van der Waals surface area contributed by atoms with Gasteiger partial charge in [-0.15, -0.1) is 0 Å². The van der Waals surface area contributed by atoms with Gasteiger partial charge < -0.3 is 15.0 Å². The van der Waals surface area contributed by atoms with Crippen LogP contribution in [0.4, 0.5) is 5.69 Å². The van der Waals surface area contributed by atoms with Gasteiger partial charge in [-0.2, -0.15) is 0 Å². The molecule has 0 radical (unpaired) electrons. The number of nitrogens with zero attached hydrogens (tertiary/aromatic N) is 1. The number of benzene rings is 1. The Kier molecular flexibility index (Phi) is 4.99. The molecule has 1 aromatic carbocycles. The minimum Gasteiger partial charge on any atom is -0.465 e. The zero-order chi connectivity index (χ0) is 18.9. The maximum absolute atomic E-state index is 12.5. The molecular formula is C17H20N2O6S. The summed E-state index contributed by atoms with van der Waals surface area (Å²) in [6.07, 6.45) is 0.475. The number of anilines is 1. The Hall–Kier alpha value is -2.42. The number of methoxy groups -OCH3 is 1. The van der Waals surface area contributed by atoms with Crippen LogP contribution in [0.2, 0.25) is 0 Å². The Morgan fingerprint density at radius 3 is 2.73 bits per heavy atom. The number of sulfone groups is 1. The summed E-state index contributed by atoms with van der Waals surface area (Å²) in [5, 5.41) is 2.71. The molecule has 140 valence electrons. The molecule has 2 atom stereocenters. The topological polar surface area (TPSA) is 110 Å². The molecule has 2 heterocycles. The fraction of sp³-hybridized carbons (Fsp3) is 0.471. The van der Waals surface area contributed by atoms with E-state index in [1.54, 1.807) is 18.2 Å². The standard InChI is InChI=1S/C17H20N2O6S/c1-25-17(22)11-3-2-4-13(7-11)18-16(21)12-8-15(20)19(9-12)14-5-6-26(23,24)10-14/h2-4,7,12,14H,5-6,8-10H2,1H3,(H,18,21). The second-order valence-corrected chi connectivity index (χ2v) is 8.79. The molecule has 0 bridgehead atoms. The minimum atomic E-state index is -3.10. The van der Waals surface area contributed by atoms with Crippen molar-refractivity contribution < 1.29 is 27.5 Å². The molecule has 1 N–H and O–H groups in total. The molecule has 0 aliphatic carbocycles. The fourth-order valence-corrected chi connectivity index (χ4v) is 5.10. The molecule has 2 fully saturated rings. The van der Waals surface area contributed by atoms with Gasteiger partial charge in [0.1, 0.15) is 0 Å². The largest absolute Gasteiger partial charge is 0.465 e. The van der Waals surface area contributed by atoms with Crippen LogP contribution >= 0.6 is 0 Å². The molecule has 9 heteroatoms. The van der Waals surface area contributed by atoms with E-state index in [9.17, 15) is 22.8 Å². The Bertz CT molecular complexity index is 851. The third-order valence-electron chi connectivity index (χ3n) is 4.73. The van der Waals surface area contributed by atoms with E-state index in [2.05, 4.69) is 10.1 Å². The molecule has 26 heavy (non-hydrogen) atoms. The van der Waals surface area contributed by atoms with E-state index in [-0.39, 0.29) is 42.3 Å². The van der Waals surface area contributed by atoms with Crippen molar-refractivity contribution in [2.75, 3.05) is 30.5 Å². The molecular weight excluding hydrogens is 360 g/mol.